The third-order valence-electron chi connectivity index (χ3n) is 4.54. The smallest absolute Gasteiger partial charge is 0.312 e. The van der Waals surface area contributed by atoms with Crippen molar-refractivity contribution < 1.29 is 14.3 Å². The van der Waals surface area contributed by atoms with Gasteiger partial charge in [0.1, 0.15) is 0 Å². The Hall–Kier alpha value is -2.67. The predicted octanol–water partition coefficient (Wildman–Crippen LogP) is 2.68. The maximum Gasteiger partial charge on any atom is 0.312 e. The van der Waals surface area contributed by atoms with Crippen molar-refractivity contribution in [3.63, 3.8) is 0 Å². The summed E-state index contributed by atoms with van der Waals surface area (Å²) in [7, 11) is 0. The topological polar surface area (TPSA) is 72.7 Å². The summed E-state index contributed by atoms with van der Waals surface area (Å²) in [5.41, 5.74) is 3.08. The van der Waals surface area contributed by atoms with E-state index in [2.05, 4.69) is 22.4 Å². The molecule has 6 nitrogen and oxygen atoms in total. The Balaban J connectivity index is 1.29. The number of esters is 1. The lowest BCUT2D eigenvalue weighted by molar-refractivity contribution is -0.148. The van der Waals surface area contributed by atoms with Gasteiger partial charge in [0, 0.05) is 17.8 Å². The number of thiazole rings is 1. The number of carbonyl (C=O) groups excluding carboxylic acids is 2. The van der Waals surface area contributed by atoms with E-state index in [0.717, 1.165) is 29.8 Å². The highest BCUT2D eigenvalue weighted by Gasteiger charge is 2.21. The predicted molar refractivity (Wildman–Crippen MR) is 98.0 cm³/mol. The molecule has 0 aliphatic heterocycles. The molecule has 0 saturated heterocycles. The zero-order chi connectivity index (χ0) is 17.9. The number of nitrogens with zero attached hydrogens (tertiary/aromatic N) is 2. The molecule has 1 aliphatic carbocycles. The average molecular weight is 369 g/mol. The van der Waals surface area contributed by atoms with Crippen molar-refractivity contribution in [2.45, 2.75) is 31.7 Å². The number of hydrogen-bond acceptors (Lipinski definition) is 5. The first-order chi connectivity index (χ1) is 12.7. The fraction of sp³-hybridized carbons (Fsp3) is 0.316. The molecule has 1 aliphatic rings. The lowest BCUT2D eigenvalue weighted by Crippen LogP contribution is -2.34. The minimum atomic E-state index is -0.449. The molecule has 4 rings (SSSR count). The zero-order valence-electron chi connectivity index (χ0n) is 14.2. The van der Waals surface area contributed by atoms with Crippen LogP contribution in [-0.2, 0) is 27.2 Å². The number of rotatable bonds is 5. The lowest BCUT2D eigenvalue weighted by Gasteiger charge is -2.26. The van der Waals surface area contributed by atoms with Crippen LogP contribution in [-0.4, -0.2) is 27.9 Å². The number of hydrogen-bond donors (Lipinski definition) is 1. The maximum absolute atomic E-state index is 12.2. The summed E-state index contributed by atoms with van der Waals surface area (Å²) in [6.07, 6.45) is 6.73. The van der Waals surface area contributed by atoms with Crippen LogP contribution in [0.15, 0.2) is 42.0 Å². The molecule has 0 bridgehead atoms. The lowest BCUT2D eigenvalue weighted by atomic mass is 9.88. The molecule has 1 N–H and O–H groups in total. The number of ether oxygens (including phenoxy) is 1. The Labute approximate surface area is 154 Å². The number of aromatic nitrogens is 2. The molecule has 0 radical (unpaired) electrons. The first-order valence-corrected chi connectivity index (χ1v) is 9.51. The number of fused-ring (bicyclic) bond motifs is 2. The summed E-state index contributed by atoms with van der Waals surface area (Å²) >= 11 is 1.50. The van der Waals surface area contributed by atoms with Gasteiger partial charge in [0.25, 0.3) is 5.91 Å². The van der Waals surface area contributed by atoms with Gasteiger partial charge in [-0.2, -0.15) is 0 Å². The van der Waals surface area contributed by atoms with Crippen LogP contribution in [0.25, 0.3) is 4.96 Å². The Kier molecular flexibility index (Phi) is 4.71. The Bertz CT molecular complexity index is 918. The molecule has 1 unspecified atom stereocenters. The molecular formula is C19H19N3O3S. The van der Waals surface area contributed by atoms with Crippen LogP contribution in [0, 0.1) is 0 Å². The Morgan fingerprint density at radius 3 is 3.12 bits per heavy atom. The molecular weight excluding hydrogens is 350 g/mol. The van der Waals surface area contributed by atoms with Crippen molar-refractivity contribution in [2.75, 3.05) is 6.61 Å². The van der Waals surface area contributed by atoms with Gasteiger partial charge >= 0.3 is 5.97 Å². The van der Waals surface area contributed by atoms with Crippen molar-refractivity contribution in [3.8, 4) is 0 Å². The molecule has 2 heterocycles. The SMILES string of the molecule is O=C(COC(=O)Cc1cn2ccsc2n1)NC1CCCc2ccccc21. The van der Waals surface area contributed by atoms with Crippen molar-refractivity contribution in [1.82, 2.24) is 14.7 Å². The minimum absolute atomic E-state index is 0.00826. The second kappa shape index (κ2) is 7.29. The van der Waals surface area contributed by atoms with E-state index in [0.29, 0.717) is 5.69 Å². The molecule has 2 aromatic heterocycles. The summed E-state index contributed by atoms with van der Waals surface area (Å²) in [4.78, 5) is 29.3. The summed E-state index contributed by atoms with van der Waals surface area (Å²) < 4.78 is 6.97. The molecule has 1 amide bonds. The van der Waals surface area contributed by atoms with Gasteiger partial charge < -0.3 is 10.1 Å². The van der Waals surface area contributed by atoms with E-state index in [1.165, 1.54) is 16.9 Å². The molecule has 1 aromatic carbocycles. The third-order valence-corrected chi connectivity index (χ3v) is 5.31. The molecule has 0 spiro atoms. The number of benzene rings is 1. The third kappa shape index (κ3) is 3.62. The van der Waals surface area contributed by atoms with Gasteiger partial charge in [-0.1, -0.05) is 24.3 Å². The van der Waals surface area contributed by atoms with Crippen LogP contribution < -0.4 is 5.32 Å². The van der Waals surface area contributed by atoms with E-state index in [-0.39, 0.29) is 25.0 Å². The van der Waals surface area contributed by atoms with Crippen molar-refractivity contribution in [2.24, 2.45) is 0 Å². The molecule has 3 aromatic rings. The first-order valence-electron chi connectivity index (χ1n) is 8.63. The Morgan fingerprint density at radius 1 is 1.35 bits per heavy atom. The second-order valence-electron chi connectivity index (χ2n) is 6.37. The van der Waals surface area contributed by atoms with Gasteiger partial charge in [-0.3, -0.25) is 14.0 Å². The highest BCUT2D eigenvalue weighted by molar-refractivity contribution is 7.15. The highest BCUT2D eigenvalue weighted by atomic mass is 32.1. The molecule has 7 heteroatoms. The van der Waals surface area contributed by atoms with Gasteiger partial charge in [-0.05, 0) is 30.4 Å². The number of aryl methyl sites for hydroxylation is 1. The minimum Gasteiger partial charge on any atom is -0.455 e. The summed E-state index contributed by atoms with van der Waals surface area (Å²) in [5.74, 6) is -0.721. The average Bonchev–Trinajstić information content (AvgIpc) is 3.22. The molecule has 134 valence electrons. The van der Waals surface area contributed by atoms with E-state index in [1.54, 1.807) is 6.20 Å². The molecule has 0 saturated carbocycles. The monoisotopic (exact) mass is 369 g/mol. The number of nitrogens with one attached hydrogen (secondary N) is 1. The largest absolute Gasteiger partial charge is 0.455 e. The standard InChI is InChI=1S/C19H19N3O3S/c23-17(21-16-7-3-5-13-4-1-2-6-15(13)16)12-25-18(24)10-14-11-22-8-9-26-19(22)20-14/h1-2,4,6,8-9,11,16H,3,5,7,10,12H2,(H,21,23). The fourth-order valence-corrected chi connectivity index (χ4v) is 4.07. The first kappa shape index (κ1) is 16.8. The maximum atomic E-state index is 12.2. The van der Waals surface area contributed by atoms with Crippen LogP contribution in [0.2, 0.25) is 0 Å². The number of imidazole rings is 1. The van der Waals surface area contributed by atoms with Crippen LogP contribution in [0.3, 0.4) is 0 Å². The van der Waals surface area contributed by atoms with Crippen molar-refractivity contribution in [1.29, 1.82) is 0 Å². The van der Waals surface area contributed by atoms with Crippen molar-refractivity contribution in [3.05, 3.63) is 58.9 Å². The zero-order valence-corrected chi connectivity index (χ0v) is 15.0. The normalized spacial score (nSPS) is 16.2. The van der Waals surface area contributed by atoms with E-state index in [4.69, 9.17) is 4.74 Å². The van der Waals surface area contributed by atoms with E-state index < -0.39 is 5.97 Å². The second-order valence-corrected chi connectivity index (χ2v) is 7.25. The summed E-state index contributed by atoms with van der Waals surface area (Å²) in [6.45, 7) is -0.264. The van der Waals surface area contributed by atoms with Gasteiger partial charge in [0.05, 0.1) is 18.2 Å². The van der Waals surface area contributed by atoms with Gasteiger partial charge in [-0.15, -0.1) is 11.3 Å². The van der Waals surface area contributed by atoms with Crippen LogP contribution in [0.1, 0.15) is 35.7 Å². The van der Waals surface area contributed by atoms with Crippen LogP contribution >= 0.6 is 11.3 Å². The Morgan fingerprint density at radius 2 is 2.23 bits per heavy atom. The fourth-order valence-electron chi connectivity index (χ4n) is 3.35. The molecule has 0 fully saturated rings. The van der Waals surface area contributed by atoms with Gasteiger partial charge in [0.15, 0.2) is 11.6 Å². The van der Waals surface area contributed by atoms with Crippen LogP contribution in [0.4, 0.5) is 0 Å². The van der Waals surface area contributed by atoms with Crippen LogP contribution in [0.5, 0.6) is 0 Å². The van der Waals surface area contributed by atoms with E-state index in [1.807, 2.05) is 28.1 Å². The van der Waals surface area contributed by atoms with Gasteiger partial charge in [-0.25, -0.2) is 4.98 Å². The quantitative estimate of drug-likeness (QED) is 0.702. The van der Waals surface area contributed by atoms with Crippen molar-refractivity contribution >= 4 is 28.2 Å². The number of carbonyl (C=O) groups is 2. The molecule has 1 atom stereocenters. The highest BCUT2D eigenvalue weighted by Crippen LogP contribution is 2.29. The van der Waals surface area contributed by atoms with E-state index in [9.17, 15) is 9.59 Å². The number of amides is 1. The summed E-state index contributed by atoms with van der Waals surface area (Å²) in [6, 6.07) is 8.15. The summed E-state index contributed by atoms with van der Waals surface area (Å²) in [5, 5.41) is 4.91. The van der Waals surface area contributed by atoms with E-state index >= 15 is 0 Å². The molecule has 26 heavy (non-hydrogen) atoms. The van der Waals surface area contributed by atoms with Gasteiger partial charge in [0.2, 0.25) is 0 Å².